The van der Waals surface area contributed by atoms with E-state index in [-0.39, 0.29) is 29.0 Å². The Bertz CT molecular complexity index is 2380. The maximum absolute atomic E-state index is 13.9. The van der Waals surface area contributed by atoms with Gasteiger partial charge in [-0.3, -0.25) is 19.8 Å². The largest absolute Gasteiger partial charge is 0.455 e. The molecule has 1 saturated carbocycles. The number of aliphatic hydroxyl groups is 1. The Morgan fingerprint density at radius 1 is 1.07 bits per heavy atom. The van der Waals surface area contributed by atoms with Crippen LogP contribution in [-0.2, 0) is 10.0 Å². The van der Waals surface area contributed by atoms with E-state index in [2.05, 4.69) is 57.2 Å². The molecule has 0 spiro atoms. The molecule has 2 aromatic carbocycles. The van der Waals surface area contributed by atoms with Crippen molar-refractivity contribution in [3.8, 4) is 11.5 Å². The normalized spacial score (nSPS) is 19.9. The molecule has 60 heavy (non-hydrogen) atoms. The fraction of sp³-hybridized carbons (Fsp3) is 0.467. The van der Waals surface area contributed by atoms with Gasteiger partial charge >= 0.3 is 0 Å². The van der Waals surface area contributed by atoms with Crippen LogP contribution in [0.5, 0.6) is 11.5 Å². The minimum absolute atomic E-state index is 0.0324. The molecule has 14 nitrogen and oxygen atoms in total. The molecule has 7 rings (SSSR count). The number of fused-ring (bicyclic) bond motifs is 1. The molecule has 0 unspecified atom stereocenters. The van der Waals surface area contributed by atoms with Crippen LogP contribution in [0.25, 0.3) is 11.0 Å². The molecule has 2 fully saturated rings. The first-order chi connectivity index (χ1) is 28.6. The number of nitrogens with zero attached hydrogens (tertiary/aromatic N) is 4. The van der Waals surface area contributed by atoms with Crippen molar-refractivity contribution >= 4 is 44.0 Å². The lowest BCUT2D eigenvalue weighted by atomic mass is 9.73. The molecule has 1 saturated heterocycles. The smallest absolute Gasteiger partial charge is 0.293 e. The molecule has 3 heterocycles. The predicted octanol–water partition coefficient (Wildman–Crippen LogP) is 8.33. The number of allylic oxidation sites excluding steroid dienone is 2. The molecule has 320 valence electrons. The zero-order chi connectivity index (χ0) is 42.6. The summed E-state index contributed by atoms with van der Waals surface area (Å²) in [6.07, 6.45) is 11.4. The number of aromatic amines is 1. The molecule has 3 aliphatic rings. The van der Waals surface area contributed by atoms with Crippen LogP contribution in [-0.4, -0.2) is 84.6 Å². The van der Waals surface area contributed by atoms with E-state index in [1.54, 1.807) is 41.6 Å². The lowest BCUT2D eigenvalue weighted by Crippen LogP contribution is -2.47. The second kappa shape index (κ2) is 18.2. The summed E-state index contributed by atoms with van der Waals surface area (Å²) in [7, 11) is -4.56. The zero-order valence-corrected chi connectivity index (χ0v) is 35.7. The summed E-state index contributed by atoms with van der Waals surface area (Å²) < 4.78 is 35.7. The Hall–Kier alpha value is -5.25. The number of pyridine rings is 1. The highest BCUT2D eigenvalue weighted by molar-refractivity contribution is 7.90. The monoisotopic (exact) mass is 839 g/mol. The van der Waals surface area contributed by atoms with E-state index < -0.39 is 31.4 Å². The number of aliphatic hydroxyl groups excluding tert-OH is 1. The number of benzene rings is 2. The number of hydrogen-bond donors (Lipinski definition) is 4. The fourth-order valence-corrected chi connectivity index (χ4v) is 9.60. The number of ether oxygens (including phenoxy) is 1. The molecule has 4 aromatic rings. The average molecular weight is 840 g/mol. The minimum Gasteiger partial charge on any atom is -0.455 e. The summed E-state index contributed by atoms with van der Waals surface area (Å²) >= 11 is 0. The number of piperazine rings is 1. The molecule has 15 heteroatoms. The Balaban J connectivity index is 1.08. The van der Waals surface area contributed by atoms with Gasteiger partial charge in [0.25, 0.3) is 21.6 Å². The summed E-state index contributed by atoms with van der Waals surface area (Å²) in [5.41, 5.74) is 5.88. The van der Waals surface area contributed by atoms with E-state index in [1.807, 2.05) is 6.07 Å². The lowest BCUT2D eigenvalue weighted by molar-refractivity contribution is -0.384. The topological polar surface area (TPSA) is 183 Å². The van der Waals surface area contributed by atoms with Gasteiger partial charge in [0, 0.05) is 68.7 Å². The number of H-pyrrole nitrogens is 1. The first-order valence-electron chi connectivity index (χ1n) is 21.0. The number of rotatable bonds is 15. The maximum Gasteiger partial charge on any atom is 0.293 e. The molecule has 1 amide bonds. The highest BCUT2D eigenvalue weighted by atomic mass is 32.2. The van der Waals surface area contributed by atoms with Gasteiger partial charge in [-0.05, 0) is 112 Å². The van der Waals surface area contributed by atoms with Crippen LogP contribution in [0.4, 0.5) is 17.1 Å². The van der Waals surface area contributed by atoms with Gasteiger partial charge in [-0.2, -0.15) is 0 Å². The van der Waals surface area contributed by atoms with Gasteiger partial charge in [-0.25, -0.2) is 18.1 Å². The SMILES string of the molecule is C=C(C)CCC1=C(CN2CCN(c3ccc(C(=O)NS(=O)(=O)c4ccc(NCC5CCC(O)CC5)c([N+](=O)[O-])c4)c(Oc4cnc5[nH]ccc5c4)c3)CC2)CCC(C)(C)C1. The Kier molecular flexibility index (Phi) is 13.0. The molecule has 0 bridgehead atoms. The molecule has 1 aliphatic heterocycles. The third kappa shape index (κ3) is 10.5. The standard InChI is InChI=1S/C45H57N7O7S/c1-30(2)5-8-33-26-45(3,4)17-15-34(33)29-50-19-21-51(22-20-50)35-9-13-39(42(24-35)59-37-23-32-16-18-46-43(32)48-28-37)44(54)49-60(57,58)38-12-14-40(41(25-38)52(55)56)47-27-31-6-10-36(53)11-7-31/h9,12-14,16,18,23-25,28,31,36,47,53H,1,5-8,10-11,15,17,19-22,26-27,29H2,2-4H3,(H,46,48)(H,49,54). The Morgan fingerprint density at radius 3 is 2.57 bits per heavy atom. The molecule has 2 aliphatic carbocycles. The molecule has 0 atom stereocenters. The van der Waals surface area contributed by atoms with Gasteiger partial charge in [0.2, 0.25) is 0 Å². The van der Waals surface area contributed by atoms with Crippen LogP contribution < -0.4 is 19.7 Å². The highest BCUT2D eigenvalue weighted by Crippen LogP contribution is 2.41. The van der Waals surface area contributed by atoms with Crippen molar-refractivity contribution in [2.75, 3.05) is 49.5 Å². The zero-order valence-electron chi connectivity index (χ0n) is 34.8. The Labute approximate surface area is 352 Å². The van der Waals surface area contributed by atoms with Crippen molar-refractivity contribution in [3.05, 3.63) is 99.9 Å². The first-order valence-corrected chi connectivity index (χ1v) is 22.4. The fourth-order valence-electron chi connectivity index (χ4n) is 8.61. The van der Waals surface area contributed by atoms with Gasteiger partial charge in [-0.1, -0.05) is 30.6 Å². The Morgan fingerprint density at radius 2 is 1.83 bits per heavy atom. The molecule has 2 aromatic heterocycles. The van der Waals surface area contributed by atoms with Crippen LogP contribution in [0.3, 0.4) is 0 Å². The average Bonchev–Trinajstić information content (AvgIpc) is 3.69. The van der Waals surface area contributed by atoms with E-state index in [9.17, 15) is 28.4 Å². The molecular formula is C45H57N7O7S. The second-order valence-corrected chi connectivity index (χ2v) is 19.2. The van der Waals surface area contributed by atoms with E-state index in [0.717, 1.165) is 88.4 Å². The van der Waals surface area contributed by atoms with Crippen LogP contribution in [0.15, 0.2) is 89.1 Å². The first kappa shape index (κ1) is 42.9. The van der Waals surface area contributed by atoms with Crippen molar-refractivity contribution in [2.24, 2.45) is 11.3 Å². The summed E-state index contributed by atoms with van der Waals surface area (Å²) in [6.45, 7) is 15.6. The number of carbonyl (C=O) groups is 1. The number of anilines is 2. The highest BCUT2D eigenvalue weighted by Gasteiger charge is 2.30. The predicted molar refractivity (Wildman–Crippen MR) is 234 cm³/mol. The third-order valence-corrected chi connectivity index (χ3v) is 13.5. The number of nitro benzene ring substituents is 1. The van der Waals surface area contributed by atoms with Crippen molar-refractivity contribution < 1.29 is 28.0 Å². The molecule has 4 N–H and O–H groups in total. The second-order valence-electron chi connectivity index (χ2n) is 17.6. The van der Waals surface area contributed by atoms with Crippen LogP contribution in [0.1, 0.15) is 88.9 Å². The van der Waals surface area contributed by atoms with Gasteiger partial charge in [0.05, 0.1) is 27.7 Å². The number of nitrogens with one attached hydrogen (secondary N) is 3. The summed E-state index contributed by atoms with van der Waals surface area (Å²) in [6, 6.07) is 12.2. The van der Waals surface area contributed by atoms with E-state index >= 15 is 0 Å². The lowest BCUT2D eigenvalue weighted by Gasteiger charge is -2.39. The van der Waals surface area contributed by atoms with Crippen molar-refractivity contribution in [1.82, 2.24) is 19.6 Å². The maximum atomic E-state index is 13.9. The number of hydrogen-bond acceptors (Lipinski definition) is 11. The number of aromatic nitrogens is 2. The number of carbonyl (C=O) groups excluding carboxylic acids is 1. The minimum atomic E-state index is -4.56. The van der Waals surface area contributed by atoms with Crippen LogP contribution in [0.2, 0.25) is 0 Å². The van der Waals surface area contributed by atoms with Gasteiger partial charge in [0.15, 0.2) is 0 Å². The van der Waals surface area contributed by atoms with Gasteiger partial charge < -0.3 is 25.0 Å². The van der Waals surface area contributed by atoms with Crippen molar-refractivity contribution in [3.63, 3.8) is 0 Å². The van der Waals surface area contributed by atoms with Crippen molar-refractivity contribution in [1.29, 1.82) is 0 Å². The van der Waals surface area contributed by atoms with Gasteiger partial charge in [-0.15, -0.1) is 6.58 Å². The van der Waals surface area contributed by atoms with Crippen molar-refractivity contribution in [2.45, 2.75) is 89.6 Å². The number of sulfonamides is 1. The number of nitro groups is 1. The van der Waals surface area contributed by atoms with E-state index in [0.29, 0.717) is 36.2 Å². The van der Waals surface area contributed by atoms with E-state index in [1.165, 1.54) is 30.3 Å². The third-order valence-electron chi connectivity index (χ3n) is 12.2. The number of amides is 1. The summed E-state index contributed by atoms with van der Waals surface area (Å²) in [5.74, 6) is -0.230. The van der Waals surface area contributed by atoms with Gasteiger partial charge in [0.1, 0.15) is 22.8 Å². The van der Waals surface area contributed by atoms with E-state index in [4.69, 9.17) is 4.74 Å². The van der Waals surface area contributed by atoms with Crippen LogP contribution >= 0.6 is 0 Å². The molecular weight excluding hydrogens is 783 g/mol. The van der Waals surface area contributed by atoms with Crippen LogP contribution in [0, 0.1) is 21.4 Å². The summed E-state index contributed by atoms with van der Waals surface area (Å²) in [5, 5.41) is 25.8. The quantitative estimate of drug-likeness (QED) is 0.0513. The molecule has 0 radical (unpaired) electrons. The summed E-state index contributed by atoms with van der Waals surface area (Å²) in [4.78, 5) is 37.1.